The first-order valence-electron chi connectivity index (χ1n) is 5.67. The van der Waals surface area contributed by atoms with Crippen molar-refractivity contribution in [2.45, 2.75) is 11.8 Å². The molecule has 0 saturated heterocycles. The molecule has 1 N–H and O–H groups in total. The lowest BCUT2D eigenvalue weighted by Crippen LogP contribution is -2.10. The van der Waals surface area contributed by atoms with Crippen molar-refractivity contribution in [3.63, 3.8) is 0 Å². The van der Waals surface area contributed by atoms with Crippen LogP contribution in [0.5, 0.6) is 0 Å². The predicted molar refractivity (Wildman–Crippen MR) is 73.3 cm³/mol. The number of hydrogen-bond donors (Lipinski definition) is 1. The summed E-state index contributed by atoms with van der Waals surface area (Å²) in [6, 6.07) is 10.5. The van der Waals surface area contributed by atoms with Gasteiger partial charge in [0.05, 0.1) is 5.56 Å². The van der Waals surface area contributed by atoms with E-state index >= 15 is 0 Å². The summed E-state index contributed by atoms with van der Waals surface area (Å²) in [6.45, 7) is 1.99. The van der Waals surface area contributed by atoms with Gasteiger partial charge in [-0.15, -0.1) is 11.8 Å². The van der Waals surface area contributed by atoms with Crippen LogP contribution in [0.3, 0.4) is 0 Å². The van der Waals surface area contributed by atoms with E-state index in [2.05, 4.69) is 4.98 Å². The Bertz CT molecular complexity index is 605. The molecule has 18 heavy (non-hydrogen) atoms. The van der Waals surface area contributed by atoms with Gasteiger partial charge >= 0.3 is 0 Å². The summed E-state index contributed by atoms with van der Waals surface area (Å²) in [4.78, 5) is 26.9. The minimum Gasteiger partial charge on any atom is -0.328 e. The highest BCUT2D eigenvalue weighted by Gasteiger charge is 2.13. The first-order valence-corrected chi connectivity index (χ1v) is 6.66. The molecule has 1 aromatic heterocycles. The lowest BCUT2D eigenvalue weighted by atomic mass is 10.1. The number of carbonyl (C=O) groups is 1. The van der Waals surface area contributed by atoms with Crippen molar-refractivity contribution in [2.24, 2.45) is 0 Å². The minimum absolute atomic E-state index is 0.0669. The van der Waals surface area contributed by atoms with Crippen LogP contribution in [0.15, 0.2) is 52.3 Å². The van der Waals surface area contributed by atoms with Crippen molar-refractivity contribution in [2.75, 3.05) is 5.75 Å². The summed E-state index contributed by atoms with van der Waals surface area (Å²) in [5.41, 5.74) is 0.991. The number of pyridine rings is 1. The van der Waals surface area contributed by atoms with Crippen LogP contribution < -0.4 is 5.56 Å². The molecule has 0 atom stereocenters. The van der Waals surface area contributed by atoms with Gasteiger partial charge < -0.3 is 4.98 Å². The maximum atomic E-state index is 12.3. The van der Waals surface area contributed by atoms with E-state index < -0.39 is 0 Å². The Morgan fingerprint density at radius 3 is 2.67 bits per heavy atom. The molecule has 92 valence electrons. The molecule has 0 spiro atoms. The second kappa shape index (κ2) is 5.69. The van der Waals surface area contributed by atoms with Crippen LogP contribution in [0.1, 0.15) is 22.8 Å². The molecule has 0 radical (unpaired) electrons. The average molecular weight is 259 g/mol. The van der Waals surface area contributed by atoms with E-state index in [1.807, 2.05) is 25.1 Å². The summed E-state index contributed by atoms with van der Waals surface area (Å²) in [5, 5.41) is 0. The fourth-order valence-electron chi connectivity index (χ4n) is 1.65. The lowest BCUT2D eigenvalue weighted by molar-refractivity contribution is 0.103. The highest BCUT2D eigenvalue weighted by Crippen LogP contribution is 2.22. The Morgan fingerprint density at radius 1 is 1.28 bits per heavy atom. The van der Waals surface area contributed by atoms with Crippen LogP contribution in [0.25, 0.3) is 0 Å². The number of nitrogens with one attached hydrogen (secondary N) is 1. The lowest BCUT2D eigenvalue weighted by Gasteiger charge is -2.06. The van der Waals surface area contributed by atoms with Gasteiger partial charge in [-0.2, -0.15) is 0 Å². The van der Waals surface area contributed by atoms with E-state index in [9.17, 15) is 9.59 Å². The van der Waals surface area contributed by atoms with Crippen molar-refractivity contribution in [3.8, 4) is 0 Å². The zero-order valence-electron chi connectivity index (χ0n) is 9.97. The number of rotatable bonds is 4. The summed E-state index contributed by atoms with van der Waals surface area (Å²) < 4.78 is 0. The number of ketones is 1. The largest absolute Gasteiger partial charge is 0.328 e. The standard InChI is InChI=1S/C14H13NO2S/c1-2-18-12-8-13(16)15-9-11(12)14(17)10-6-4-3-5-7-10/h3-9H,2H2,1H3,(H,15,16). The highest BCUT2D eigenvalue weighted by molar-refractivity contribution is 7.99. The molecule has 0 unspecified atom stereocenters. The molecule has 3 nitrogen and oxygen atoms in total. The third-order valence-corrected chi connectivity index (χ3v) is 3.40. The summed E-state index contributed by atoms with van der Waals surface area (Å²) >= 11 is 1.50. The molecule has 1 heterocycles. The molecular weight excluding hydrogens is 246 g/mol. The van der Waals surface area contributed by atoms with Gasteiger partial charge in [-0.25, -0.2) is 0 Å². The molecule has 0 fully saturated rings. The van der Waals surface area contributed by atoms with Crippen LogP contribution in [-0.2, 0) is 0 Å². The van der Waals surface area contributed by atoms with Gasteiger partial charge in [-0.1, -0.05) is 37.3 Å². The van der Waals surface area contributed by atoms with Gasteiger partial charge in [-0.05, 0) is 5.75 Å². The molecule has 0 aliphatic carbocycles. The summed E-state index contributed by atoms with van der Waals surface area (Å²) in [7, 11) is 0. The zero-order valence-corrected chi connectivity index (χ0v) is 10.8. The first-order chi connectivity index (χ1) is 8.72. The molecular formula is C14H13NO2S. The van der Waals surface area contributed by atoms with Crippen LogP contribution in [0, 0.1) is 0 Å². The minimum atomic E-state index is -0.185. The van der Waals surface area contributed by atoms with Gasteiger partial charge in [-0.3, -0.25) is 9.59 Å². The zero-order chi connectivity index (χ0) is 13.0. The Kier molecular flexibility index (Phi) is 3.99. The summed E-state index contributed by atoms with van der Waals surface area (Å²) in [6.07, 6.45) is 1.50. The van der Waals surface area contributed by atoms with Gasteiger partial charge in [0, 0.05) is 22.7 Å². The van der Waals surface area contributed by atoms with Crippen LogP contribution in [-0.4, -0.2) is 16.5 Å². The molecule has 0 bridgehead atoms. The Morgan fingerprint density at radius 2 is 2.00 bits per heavy atom. The predicted octanol–water partition coefficient (Wildman–Crippen LogP) is 2.72. The van der Waals surface area contributed by atoms with Gasteiger partial charge in [0.2, 0.25) is 5.56 Å². The third kappa shape index (κ3) is 2.71. The number of aromatic amines is 1. The summed E-state index contributed by atoms with van der Waals surface area (Å²) in [5.74, 6) is 0.751. The smallest absolute Gasteiger partial charge is 0.249 e. The van der Waals surface area contributed by atoms with Crippen molar-refractivity contribution in [3.05, 3.63) is 64.1 Å². The Hall–Kier alpha value is -1.81. The third-order valence-electron chi connectivity index (χ3n) is 2.47. The fourth-order valence-corrected chi connectivity index (χ4v) is 2.46. The molecule has 0 aliphatic rings. The van der Waals surface area contributed by atoms with Gasteiger partial charge in [0.15, 0.2) is 5.78 Å². The molecule has 2 rings (SSSR count). The molecule has 0 aliphatic heterocycles. The number of H-pyrrole nitrogens is 1. The monoisotopic (exact) mass is 259 g/mol. The average Bonchev–Trinajstić information content (AvgIpc) is 2.40. The van der Waals surface area contributed by atoms with Gasteiger partial charge in [0.1, 0.15) is 0 Å². The molecule has 1 aromatic carbocycles. The number of thioether (sulfide) groups is 1. The van der Waals surface area contributed by atoms with Crippen molar-refractivity contribution >= 4 is 17.5 Å². The van der Waals surface area contributed by atoms with E-state index in [1.165, 1.54) is 24.0 Å². The van der Waals surface area contributed by atoms with Crippen LogP contribution >= 0.6 is 11.8 Å². The van der Waals surface area contributed by atoms with E-state index in [0.717, 1.165) is 10.6 Å². The number of hydrogen-bond acceptors (Lipinski definition) is 3. The van der Waals surface area contributed by atoms with Crippen LogP contribution in [0.4, 0.5) is 0 Å². The second-order valence-electron chi connectivity index (χ2n) is 3.70. The van der Waals surface area contributed by atoms with Crippen molar-refractivity contribution < 1.29 is 4.79 Å². The van der Waals surface area contributed by atoms with E-state index in [1.54, 1.807) is 12.1 Å². The normalized spacial score (nSPS) is 10.3. The van der Waals surface area contributed by atoms with E-state index in [-0.39, 0.29) is 11.3 Å². The van der Waals surface area contributed by atoms with E-state index in [0.29, 0.717) is 11.1 Å². The topological polar surface area (TPSA) is 49.9 Å². The second-order valence-corrected chi connectivity index (χ2v) is 5.01. The number of aromatic nitrogens is 1. The maximum absolute atomic E-state index is 12.3. The number of benzene rings is 1. The molecule has 4 heteroatoms. The first kappa shape index (κ1) is 12.6. The SMILES string of the molecule is CCSc1cc(=O)[nH]cc1C(=O)c1ccccc1. The molecule has 2 aromatic rings. The van der Waals surface area contributed by atoms with Gasteiger partial charge in [0.25, 0.3) is 0 Å². The van der Waals surface area contributed by atoms with Crippen LogP contribution in [0.2, 0.25) is 0 Å². The fraction of sp³-hybridized carbons (Fsp3) is 0.143. The Balaban J connectivity index is 2.45. The molecule has 0 amide bonds. The number of carbonyl (C=O) groups excluding carboxylic acids is 1. The maximum Gasteiger partial charge on any atom is 0.249 e. The molecule has 0 saturated carbocycles. The van der Waals surface area contributed by atoms with Crippen molar-refractivity contribution in [1.82, 2.24) is 4.98 Å². The Labute approximate surface area is 109 Å². The highest BCUT2D eigenvalue weighted by atomic mass is 32.2. The van der Waals surface area contributed by atoms with E-state index in [4.69, 9.17) is 0 Å². The van der Waals surface area contributed by atoms with Crippen molar-refractivity contribution in [1.29, 1.82) is 0 Å². The quantitative estimate of drug-likeness (QED) is 0.678.